The molecule has 0 aromatic carbocycles. The molecule has 2 unspecified atom stereocenters. The molecule has 8 heteroatoms. The van der Waals surface area contributed by atoms with Crippen molar-refractivity contribution in [2.75, 3.05) is 46.2 Å². The fourth-order valence-electron chi connectivity index (χ4n) is 2.89. The quantitative estimate of drug-likeness (QED) is 0.269. The lowest BCUT2D eigenvalue weighted by Crippen LogP contribution is -2.18. The summed E-state index contributed by atoms with van der Waals surface area (Å²) in [5.74, 6) is 0.548. The van der Waals surface area contributed by atoms with E-state index in [-0.39, 0.29) is 23.3 Å². The normalized spacial score (nSPS) is 20.0. The van der Waals surface area contributed by atoms with Crippen LogP contribution in [0.15, 0.2) is 23.7 Å². The summed E-state index contributed by atoms with van der Waals surface area (Å²) < 4.78 is 31.9. The van der Waals surface area contributed by atoms with E-state index in [4.69, 9.17) is 28.4 Å². The zero-order valence-electron chi connectivity index (χ0n) is 22.9. The fraction of sp³-hybridized carbons (Fsp3) is 0.778. The van der Waals surface area contributed by atoms with Gasteiger partial charge in [0.2, 0.25) is 11.5 Å². The molecule has 0 radical (unpaired) electrons. The van der Waals surface area contributed by atoms with Crippen LogP contribution in [0.3, 0.4) is 0 Å². The van der Waals surface area contributed by atoms with Gasteiger partial charge in [0.25, 0.3) is 0 Å². The second-order valence-electron chi connectivity index (χ2n) is 11.1. The third kappa shape index (κ3) is 15.0. The summed E-state index contributed by atoms with van der Waals surface area (Å²) in [6.07, 6.45) is 4.54. The predicted octanol–water partition coefficient (Wildman–Crippen LogP) is 4.61. The number of allylic oxidation sites excluding steroid dienone is 1. The molecule has 0 saturated heterocycles. The van der Waals surface area contributed by atoms with Gasteiger partial charge in [-0.25, -0.2) is 4.79 Å². The lowest BCUT2D eigenvalue weighted by Gasteiger charge is -2.17. The summed E-state index contributed by atoms with van der Waals surface area (Å²) >= 11 is 0. The summed E-state index contributed by atoms with van der Waals surface area (Å²) in [5, 5.41) is 0. The van der Waals surface area contributed by atoms with Crippen LogP contribution in [0.5, 0.6) is 0 Å². The van der Waals surface area contributed by atoms with Crippen molar-refractivity contribution in [3.8, 4) is 0 Å². The molecular weight excluding hydrogens is 452 g/mol. The number of rotatable bonds is 13. The summed E-state index contributed by atoms with van der Waals surface area (Å²) in [4.78, 5) is 22.4. The molecule has 0 bridgehead atoms. The van der Waals surface area contributed by atoms with E-state index in [1.807, 2.05) is 0 Å². The van der Waals surface area contributed by atoms with Crippen LogP contribution < -0.4 is 0 Å². The molecule has 0 spiro atoms. The molecule has 2 heterocycles. The Hall–Kier alpha value is -1.90. The van der Waals surface area contributed by atoms with Crippen LogP contribution in [0.4, 0.5) is 0 Å². The molecule has 0 fully saturated rings. The Balaban J connectivity index is 0.000000351. The minimum absolute atomic E-state index is 0.0813. The number of carbonyl (C=O) groups excluding carboxylic acids is 2. The SMILES string of the molecule is CC(C)(C)CCOCCOCC1C=CC(=O)O1.CC1=C(OCCOCCC(C)(C)C)C(=O)C(C)O1. The predicted molar refractivity (Wildman–Crippen MR) is 134 cm³/mol. The average Bonchev–Trinajstić information content (AvgIpc) is 3.25. The maximum absolute atomic E-state index is 11.6. The second-order valence-corrected chi connectivity index (χ2v) is 11.1. The largest absolute Gasteiger partial charge is 0.484 e. The molecule has 35 heavy (non-hydrogen) atoms. The monoisotopic (exact) mass is 498 g/mol. The molecule has 0 saturated carbocycles. The van der Waals surface area contributed by atoms with Crippen molar-refractivity contribution in [1.82, 2.24) is 0 Å². The summed E-state index contributed by atoms with van der Waals surface area (Å²) in [5.41, 5.74) is 0.592. The molecule has 202 valence electrons. The zero-order chi connectivity index (χ0) is 26.5. The van der Waals surface area contributed by atoms with Gasteiger partial charge in [-0.05, 0) is 43.6 Å². The lowest BCUT2D eigenvalue weighted by atomic mass is 9.93. The van der Waals surface area contributed by atoms with Gasteiger partial charge in [-0.15, -0.1) is 0 Å². The van der Waals surface area contributed by atoms with Crippen molar-refractivity contribution in [2.45, 2.75) is 80.4 Å². The first-order valence-electron chi connectivity index (χ1n) is 12.4. The van der Waals surface area contributed by atoms with Gasteiger partial charge in [0.15, 0.2) is 6.10 Å². The lowest BCUT2D eigenvalue weighted by molar-refractivity contribution is -0.140. The van der Waals surface area contributed by atoms with Crippen LogP contribution in [0.2, 0.25) is 0 Å². The van der Waals surface area contributed by atoms with Crippen LogP contribution in [0.25, 0.3) is 0 Å². The smallest absolute Gasteiger partial charge is 0.331 e. The average molecular weight is 499 g/mol. The summed E-state index contributed by atoms with van der Waals surface area (Å²) in [6, 6.07) is 0. The molecule has 2 atom stereocenters. The highest BCUT2D eigenvalue weighted by atomic mass is 16.6. The number of cyclic esters (lactones) is 1. The van der Waals surface area contributed by atoms with Crippen molar-refractivity contribution < 1.29 is 38.0 Å². The third-order valence-electron chi connectivity index (χ3n) is 5.10. The van der Waals surface area contributed by atoms with Gasteiger partial charge in [-0.2, -0.15) is 0 Å². The number of ketones is 1. The van der Waals surface area contributed by atoms with E-state index in [0.29, 0.717) is 56.6 Å². The Bertz CT molecular complexity index is 712. The van der Waals surface area contributed by atoms with Crippen molar-refractivity contribution in [1.29, 1.82) is 0 Å². The van der Waals surface area contributed by atoms with E-state index >= 15 is 0 Å². The summed E-state index contributed by atoms with van der Waals surface area (Å²) in [7, 11) is 0. The number of ether oxygens (including phenoxy) is 6. The number of carbonyl (C=O) groups is 2. The van der Waals surface area contributed by atoms with Crippen LogP contribution in [-0.2, 0) is 38.0 Å². The van der Waals surface area contributed by atoms with E-state index in [1.54, 1.807) is 19.9 Å². The molecule has 0 aromatic rings. The van der Waals surface area contributed by atoms with Gasteiger partial charge in [-0.1, -0.05) is 41.5 Å². The van der Waals surface area contributed by atoms with Crippen molar-refractivity contribution in [3.63, 3.8) is 0 Å². The fourth-order valence-corrected chi connectivity index (χ4v) is 2.89. The molecule has 2 rings (SSSR count). The number of Topliss-reactive ketones (excluding diaryl/α,β-unsaturated/α-hetero) is 1. The van der Waals surface area contributed by atoms with E-state index in [9.17, 15) is 9.59 Å². The van der Waals surface area contributed by atoms with Crippen LogP contribution >= 0.6 is 0 Å². The highest BCUT2D eigenvalue weighted by Crippen LogP contribution is 2.22. The maximum atomic E-state index is 11.6. The Morgan fingerprint density at radius 3 is 1.80 bits per heavy atom. The first kappa shape index (κ1) is 31.1. The van der Waals surface area contributed by atoms with E-state index < -0.39 is 6.10 Å². The van der Waals surface area contributed by atoms with E-state index in [0.717, 1.165) is 19.4 Å². The molecule has 8 nitrogen and oxygen atoms in total. The maximum Gasteiger partial charge on any atom is 0.331 e. The minimum atomic E-state index is -0.415. The van der Waals surface area contributed by atoms with Crippen LogP contribution in [0, 0.1) is 10.8 Å². The molecule has 2 aliphatic heterocycles. The first-order chi connectivity index (χ1) is 16.3. The Morgan fingerprint density at radius 1 is 0.800 bits per heavy atom. The topological polar surface area (TPSA) is 89.5 Å². The molecular formula is C27H46O8. The van der Waals surface area contributed by atoms with Gasteiger partial charge in [0.05, 0.1) is 26.4 Å². The highest BCUT2D eigenvalue weighted by Gasteiger charge is 2.31. The Morgan fingerprint density at radius 2 is 1.34 bits per heavy atom. The number of hydrogen-bond acceptors (Lipinski definition) is 8. The van der Waals surface area contributed by atoms with Crippen molar-refractivity contribution in [2.24, 2.45) is 10.8 Å². The van der Waals surface area contributed by atoms with Crippen LogP contribution in [-0.4, -0.2) is 70.2 Å². The zero-order valence-corrected chi connectivity index (χ0v) is 22.9. The first-order valence-corrected chi connectivity index (χ1v) is 12.4. The molecule has 2 aliphatic rings. The van der Waals surface area contributed by atoms with Crippen molar-refractivity contribution in [3.05, 3.63) is 23.7 Å². The Labute approximate surface area is 211 Å². The highest BCUT2D eigenvalue weighted by molar-refractivity contribution is 5.99. The second kappa shape index (κ2) is 15.3. The van der Waals surface area contributed by atoms with Crippen molar-refractivity contribution >= 4 is 11.8 Å². The van der Waals surface area contributed by atoms with E-state index in [1.165, 1.54) is 6.08 Å². The minimum Gasteiger partial charge on any atom is -0.484 e. The van der Waals surface area contributed by atoms with Gasteiger partial charge in [-0.3, -0.25) is 4.79 Å². The molecule has 0 aromatic heterocycles. The summed E-state index contributed by atoms with van der Waals surface area (Å²) in [6.45, 7) is 20.4. The van der Waals surface area contributed by atoms with Gasteiger partial charge in [0.1, 0.15) is 18.5 Å². The van der Waals surface area contributed by atoms with Gasteiger partial charge in [0, 0.05) is 19.3 Å². The van der Waals surface area contributed by atoms with E-state index in [2.05, 4.69) is 41.5 Å². The van der Waals surface area contributed by atoms with Crippen LogP contribution in [0.1, 0.15) is 68.2 Å². The molecule has 0 aliphatic carbocycles. The van der Waals surface area contributed by atoms with Gasteiger partial charge >= 0.3 is 5.97 Å². The van der Waals surface area contributed by atoms with Gasteiger partial charge < -0.3 is 28.4 Å². The third-order valence-corrected chi connectivity index (χ3v) is 5.10. The standard InChI is InChI=1S/C14H24O4.C13H22O4/c1-10-12(15)13(11(2)18-10)17-9-8-16-7-6-14(3,4)5;1-13(2,3)6-7-15-8-9-16-10-11-4-5-12(14)17-11/h10H,6-9H2,1-5H3;4-5,11H,6-10H2,1-3H3. The number of esters is 1. The molecule has 0 amide bonds. The Kier molecular flexibility index (Phi) is 13.6. The number of hydrogen-bond donors (Lipinski definition) is 0. The molecule has 0 N–H and O–H groups in total.